The molecule has 2 rings (SSSR count). The average molecular weight is 260 g/mol. The third-order valence-electron chi connectivity index (χ3n) is 4.89. The second kappa shape index (κ2) is 6.56. The summed E-state index contributed by atoms with van der Waals surface area (Å²) in [6, 6.07) is 7.00. The van der Waals surface area contributed by atoms with Crippen LogP contribution < -0.4 is 0 Å². The van der Waals surface area contributed by atoms with Crippen LogP contribution in [0.1, 0.15) is 62.6 Å². The first kappa shape index (κ1) is 14.6. The maximum atomic E-state index is 9.86. The predicted octanol–water partition coefficient (Wildman–Crippen LogP) is 4.30. The smallest absolute Gasteiger partial charge is 0.0490 e. The van der Waals surface area contributed by atoms with E-state index in [4.69, 9.17) is 0 Å². The van der Waals surface area contributed by atoms with Gasteiger partial charge in [-0.3, -0.25) is 0 Å². The number of aryl methyl sites for hydroxylation is 2. The number of aliphatic hydroxyl groups is 1. The van der Waals surface area contributed by atoms with Crippen molar-refractivity contribution in [3.63, 3.8) is 0 Å². The van der Waals surface area contributed by atoms with E-state index >= 15 is 0 Å². The van der Waals surface area contributed by atoms with Gasteiger partial charge in [-0.25, -0.2) is 0 Å². The number of rotatable bonds is 7. The number of hydrogen-bond donors (Lipinski definition) is 1. The van der Waals surface area contributed by atoms with Gasteiger partial charge in [0.2, 0.25) is 0 Å². The van der Waals surface area contributed by atoms with Gasteiger partial charge in [-0.2, -0.15) is 0 Å². The standard InChI is InChI=1S/C18H28O/c1-3-5-11-18(4-2,14-19)13-15-9-10-16-7-6-8-17(16)12-15/h9-10,12,19H,3-8,11,13-14H2,1-2H3. The molecule has 0 amide bonds. The van der Waals surface area contributed by atoms with Crippen molar-refractivity contribution in [3.8, 4) is 0 Å². The van der Waals surface area contributed by atoms with Crippen LogP contribution in [0.25, 0.3) is 0 Å². The monoisotopic (exact) mass is 260 g/mol. The molecular weight excluding hydrogens is 232 g/mol. The Kier molecular flexibility index (Phi) is 5.04. The molecule has 106 valence electrons. The zero-order valence-corrected chi connectivity index (χ0v) is 12.5. The molecule has 0 aliphatic heterocycles. The van der Waals surface area contributed by atoms with E-state index in [1.165, 1.54) is 37.7 Å². The summed E-state index contributed by atoms with van der Waals surface area (Å²) in [6.45, 7) is 4.77. The molecule has 0 fully saturated rings. The van der Waals surface area contributed by atoms with Crippen molar-refractivity contribution in [2.45, 2.75) is 65.2 Å². The van der Waals surface area contributed by atoms with Crippen LogP contribution in [0, 0.1) is 5.41 Å². The molecule has 1 atom stereocenters. The second-order valence-corrected chi connectivity index (χ2v) is 6.25. The summed E-state index contributed by atoms with van der Waals surface area (Å²) < 4.78 is 0. The van der Waals surface area contributed by atoms with Gasteiger partial charge in [0.05, 0.1) is 0 Å². The summed E-state index contributed by atoms with van der Waals surface area (Å²) in [6.07, 6.45) is 9.50. The molecule has 1 heteroatoms. The molecule has 1 aromatic carbocycles. The second-order valence-electron chi connectivity index (χ2n) is 6.25. The van der Waals surface area contributed by atoms with Crippen molar-refractivity contribution in [1.29, 1.82) is 0 Å². The van der Waals surface area contributed by atoms with E-state index in [0.717, 1.165) is 19.3 Å². The number of benzene rings is 1. The Morgan fingerprint density at radius 2 is 1.95 bits per heavy atom. The Morgan fingerprint density at radius 1 is 1.16 bits per heavy atom. The zero-order valence-electron chi connectivity index (χ0n) is 12.5. The summed E-state index contributed by atoms with van der Waals surface area (Å²) >= 11 is 0. The molecule has 1 unspecified atom stereocenters. The average Bonchev–Trinajstić information content (AvgIpc) is 2.91. The fourth-order valence-corrected chi connectivity index (χ4v) is 3.36. The van der Waals surface area contributed by atoms with Crippen LogP contribution in [0.2, 0.25) is 0 Å². The molecular formula is C18H28O. The molecule has 0 bridgehead atoms. The first-order chi connectivity index (χ1) is 9.23. The Morgan fingerprint density at radius 3 is 2.63 bits per heavy atom. The lowest BCUT2D eigenvalue weighted by molar-refractivity contribution is 0.107. The number of hydrogen-bond acceptors (Lipinski definition) is 1. The van der Waals surface area contributed by atoms with Crippen LogP contribution in [0.15, 0.2) is 18.2 Å². The van der Waals surface area contributed by atoms with E-state index in [2.05, 4.69) is 32.0 Å². The Hall–Kier alpha value is -0.820. The van der Waals surface area contributed by atoms with Crippen LogP contribution in [0.5, 0.6) is 0 Å². The molecule has 0 radical (unpaired) electrons. The maximum Gasteiger partial charge on any atom is 0.0490 e. The molecule has 1 nitrogen and oxygen atoms in total. The molecule has 1 aliphatic rings. The van der Waals surface area contributed by atoms with Crippen molar-refractivity contribution in [2.24, 2.45) is 5.41 Å². The van der Waals surface area contributed by atoms with Gasteiger partial charge in [0, 0.05) is 6.61 Å². The minimum absolute atomic E-state index is 0.100. The van der Waals surface area contributed by atoms with E-state index in [1.807, 2.05) is 0 Å². The van der Waals surface area contributed by atoms with E-state index < -0.39 is 0 Å². The molecule has 0 aromatic heterocycles. The number of aliphatic hydroxyl groups excluding tert-OH is 1. The molecule has 0 spiro atoms. The molecule has 0 saturated heterocycles. The molecule has 1 N–H and O–H groups in total. The minimum Gasteiger partial charge on any atom is -0.396 e. The van der Waals surface area contributed by atoms with E-state index in [1.54, 1.807) is 11.1 Å². The predicted molar refractivity (Wildman–Crippen MR) is 81.5 cm³/mol. The first-order valence-electron chi connectivity index (χ1n) is 7.94. The fraction of sp³-hybridized carbons (Fsp3) is 0.667. The van der Waals surface area contributed by atoms with Crippen molar-refractivity contribution in [3.05, 3.63) is 34.9 Å². The van der Waals surface area contributed by atoms with E-state index in [9.17, 15) is 5.11 Å². The number of unbranched alkanes of at least 4 members (excludes halogenated alkanes) is 1. The summed E-state index contributed by atoms with van der Waals surface area (Å²) in [5.41, 5.74) is 4.62. The molecule has 0 heterocycles. The third-order valence-corrected chi connectivity index (χ3v) is 4.89. The first-order valence-corrected chi connectivity index (χ1v) is 7.94. The number of fused-ring (bicyclic) bond motifs is 1. The Labute approximate surface area is 118 Å². The molecule has 1 aromatic rings. The molecule has 1 aliphatic carbocycles. The Balaban J connectivity index is 2.12. The minimum atomic E-state index is 0.100. The van der Waals surface area contributed by atoms with Crippen LogP contribution in [-0.4, -0.2) is 11.7 Å². The van der Waals surface area contributed by atoms with Gasteiger partial charge in [-0.05, 0) is 60.6 Å². The lowest BCUT2D eigenvalue weighted by Gasteiger charge is -2.31. The van der Waals surface area contributed by atoms with Gasteiger partial charge in [0.25, 0.3) is 0 Å². The third kappa shape index (κ3) is 3.39. The normalized spacial score (nSPS) is 17.2. The molecule has 19 heavy (non-hydrogen) atoms. The summed E-state index contributed by atoms with van der Waals surface area (Å²) in [5, 5.41) is 9.86. The fourth-order valence-electron chi connectivity index (χ4n) is 3.36. The van der Waals surface area contributed by atoms with E-state index in [-0.39, 0.29) is 5.41 Å². The SMILES string of the molecule is CCCCC(CC)(CO)Cc1ccc2c(c1)CCC2. The topological polar surface area (TPSA) is 20.2 Å². The highest BCUT2D eigenvalue weighted by atomic mass is 16.3. The highest BCUT2D eigenvalue weighted by molar-refractivity contribution is 5.35. The van der Waals surface area contributed by atoms with Gasteiger partial charge in [0.15, 0.2) is 0 Å². The maximum absolute atomic E-state index is 9.86. The van der Waals surface area contributed by atoms with Crippen LogP contribution in [0.4, 0.5) is 0 Å². The lowest BCUT2D eigenvalue weighted by Crippen LogP contribution is -2.27. The highest BCUT2D eigenvalue weighted by Gasteiger charge is 2.27. The van der Waals surface area contributed by atoms with Crippen LogP contribution in [0.3, 0.4) is 0 Å². The van der Waals surface area contributed by atoms with Crippen molar-refractivity contribution < 1.29 is 5.11 Å². The van der Waals surface area contributed by atoms with Gasteiger partial charge in [-0.15, -0.1) is 0 Å². The highest BCUT2D eigenvalue weighted by Crippen LogP contribution is 2.34. The largest absolute Gasteiger partial charge is 0.396 e. The Bertz CT molecular complexity index is 404. The van der Waals surface area contributed by atoms with Crippen LogP contribution >= 0.6 is 0 Å². The summed E-state index contributed by atoms with van der Waals surface area (Å²) in [7, 11) is 0. The molecule has 0 saturated carbocycles. The van der Waals surface area contributed by atoms with Crippen LogP contribution in [-0.2, 0) is 19.3 Å². The van der Waals surface area contributed by atoms with Gasteiger partial charge in [-0.1, -0.05) is 44.9 Å². The quantitative estimate of drug-likeness (QED) is 0.775. The van der Waals surface area contributed by atoms with Crippen molar-refractivity contribution in [1.82, 2.24) is 0 Å². The van der Waals surface area contributed by atoms with Gasteiger partial charge < -0.3 is 5.11 Å². The van der Waals surface area contributed by atoms with Crippen molar-refractivity contribution in [2.75, 3.05) is 6.61 Å². The van der Waals surface area contributed by atoms with E-state index in [0.29, 0.717) is 6.61 Å². The van der Waals surface area contributed by atoms with Crippen molar-refractivity contribution >= 4 is 0 Å². The van der Waals surface area contributed by atoms with Gasteiger partial charge in [0.1, 0.15) is 0 Å². The lowest BCUT2D eigenvalue weighted by atomic mass is 9.76. The summed E-state index contributed by atoms with van der Waals surface area (Å²) in [4.78, 5) is 0. The summed E-state index contributed by atoms with van der Waals surface area (Å²) in [5.74, 6) is 0. The zero-order chi connectivity index (χ0) is 13.7. The van der Waals surface area contributed by atoms with Gasteiger partial charge >= 0.3 is 0 Å².